The van der Waals surface area contributed by atoms with Crippen molar-refractivity contribution < 1.29 is 4.39 Å². The maximum atomic E-state index is 14.1. The Morgan fingerprint density at radius 1 is 1.40 bits per heavy atom. The Balaban J connectivity index is 1.99. The molecule has 1 aliphatic heterocycles. The number of halogens is 2. The molecule has 0 bridgehead atoms. The van der Waals surface area contributed by atoms with Gasteiger partial charge in [-0.1, -0.05) is 15.9 Å². The van der Waals surface area contributed by atoms with Crippen molar-refractivity contribution in [1.29, 1.82) is 0 Å². The number of hydrogen-bond acceptors (Lipinski definition) is 2. The quantitative estimate of drug-likeness (QED) is 0.898. The molecule has 0 radical (unpaired) electrons. The number of aromatic nitrogens is 2. The molecule has 0 aliphatic carbocycles. The van der Waals surface area contributed by atoms with Crippen LogP contribution in [0.3, 0.4) is 0 Å². The molecule has 5 heteroatoms. The number of hydrogen-bond donors (Lipinski definition) is 1. The van der Waals surface area contributed by atoms with Gasteiger partial charge in [0.2, 0.25) is 0 Å². The Labute approximate surface area is 126 Å². The van der Waals surface area contributed by atoms with Crippen LogP contribution < -0.4 is 5.32 Å². The maximum absolute atomic E-state index is 14.1. The lowest BCUT2D eigenvalue weighted by atomic mass is 9.97. The van der Waals surface area contributed by atoms with Crippen LogP contribution in [0, 0.1) is 5.82 Å². The summed E-state index contributed by atoms with van der Waals surface area (Å²) in [4.78, 5) is 4.21. The highest BCUT2D eigenvalue weighted by molar-refractivity contribution is 9.10. The van der Waals surface area contributed by atoms with E-state index in [1.807, 2.05) is 10.8 Å². The molecule has 0 saturated carbocycles. The molecule has 0 amide bonds. The van der Waals surface area contributed by atoms with Gasteiger partial charge in [-0.2, -0.15) is 0 Å². The highest BCUT2D eigenvalue weighted by Gasteiger charge is 2.23. The van der Waals surface area contributed by atoms with Gasteiger partial charge in [-0.3, -0.25) is 4.57 Å². The van der Waals surface area contributed by atoms with Gasteiger partial charge >= 0.3 is 0 Å². The predicted octanol–water partition coefficient (Wildman–Crippen LogP) is 3.98. The van der Waals surface area contributed by atoms with Crippen LogP contribution in [0.2, 0.25) is 0 Å². The first-order chi connectivity index (χ1) is 9.65. The lowest BCUT2D eigenvalue weighted by Gasteiger charge is -2.29. The second-order valence-corrected chi connectivity index (χ2v) is 6.25. The first kappa shape index (κ1) is 13.8. The van der Waals surface area contributed by atoms with Gasteiger partial charge in [0.15, 0.2) is 0 Å². The highest BCUT2D eigenvalue weighted by atomic mass is 79.9. The minimum absolute atomic E-state index is 0.236. The van der Waals surface area contributed by atoms with Crippen LogP contribution in [0.15, 0.2) is 35.2 Å². The molecule has 2 heterocycles. The Kier molecular flexibility index (Phi) is 3.89. The van der Waals surface area contributed by atoms with E-state index in [4.69, 9.17) is 0 Å². The van der Waals surface area contributed by atoms with E-state index in [1.54, 1.807) is 18.5 Å². The van der Waals surface area contributed by atoms with Crippen molar-refractivity contribution in [1.82, 2.24) is 14.9 Å². The zero-order valence-electron chi connectivity index (χ0n) is 11.3. The number of benzene rings is 1. The molecule has 2 atom stereocenters. The fraction of sp³-hybridized carbons (Fsp3) is 0.400. The summed E-state index contributed by atoms with van der Waals surface area (Å²) >= 11 is 3.40. The normalized spacial score (nSPS) is 22.9. The zero-order valence-corrected chi connectivity index (χ0v) is 12.9. The molecule has 3 rings (SSSR count). The number of nitrogens with zero attached hydrogens (tertiary/aromatic N) is 2. The van der Waals surface area contributed by atoms with E-state index in [9.17, 15) is 4.39 Å². The van der Waals surface area contributed by atoms with Crippen molar-refractivity contribution in [3.05, 3.63) is 46.7 Å². The Morgan fingerprint density at radius 2 is 2.25 bits per heavy atom. The van der Waals surface area contributed by atoms with Gasteiger partial charge in [0, 0.05) is 16.6 Å². The summed E-state index contributed by atoms with van der Waals surface area (Å²) in [6, 6.07) is 5.69. The zero-order chi connectivity index (χ0) is 14.1. The van der Waals surface area contributed by atoms with Crippen LogP contribution in [-0.4, -0.2) is 15.6 Å². The summed E-state index contributed by atoms with van der Waals surface area (Å²) in [5, 5.41) is 3.57. The largest absolute Gasteiger partial charge is 0.306 e. The predicted molar refractivity (Wildman–Crippen MR) is 80.4 cm³/mol. The van der Waals surface area contributed by atoms with Crippen molar-refractivity contribution in [2.75, 3.05) is 0 Å². The number of rotatable bonds is 2. The van der Waals surface area contributed by atoms with Crippen molar-refractivity contribution in [3.63, 3.8) is 0 Å². The second kappa shape index (κ2) is 5.66. The van der Waals surface area contributed by atoms with Crippen molar-refractivity contribution in [2.45, 2.75) is 38.3 Å². The number of imidazole rings is 1. The van der Waals surface area contributed by atoms with E-state index in [0.717, 1.165) is 16.6 Å². The first-order valence-electron chi connectivity index (χ1n) is 6.89. The van der Waals surface area contributed by atoms with Gasteiger partial charge in [-0.25, -0.2) is 9.37 Å². The lowest BCUT2D eigenvalue weighted by Crippen LogP contribution is -2.35. The van der Waals surface area contributed by atoms with Crippen LogP contribution in [0.4, 0.5) is 4.39 Å². The molecular weight excluding hydrogens is 321 g/mol. The summed E-state index contributed by atoms with van der Waals surface area (Å²) in [6.45, 7) is 2.19. The average molecular weight is 338 g/mol. The van der Waals surface area contributed by atoms with E-state index in [1.165, 1.54) is 18.9 Å². The van der Waals surface area contributed by atoms with Crippen molar-refractivity contribution in [2.24, 2.45) is 0 Å². The van der Waals surface area contributed by atoms with Gasteiger partial charge in [-0.05, 0) is 44.4 Å². The third-order valence-electron chi connectivity index (χ3n) is 3.81. The third kappa shape index (κ3) is 2.65. The molecule has 20 heavy (non-hydrogen) atoms. The molecule has 1 fully saturated rings. The van der Waals surface area contributed by atoms with Crippen LogP contribution in [0.5, 0.6) is 0 Å². The highest BCUT2D eigenvalue weighted by Crippen LogP contribution is 2.28. The average Bonchev–Trinajstić information content (AvgIpc) is 2.90. The van der Waals surface area contributed by atoms with E-state index < -0.39 is 0 Å². The van der Waals surface area contributed by atoms with E-state index in [0.29, 0.717) is 11.7 Å². The van der Waals surface area contributed by atoms with Gasteiger partial charge in [0.05, 0.1) is 23.9 Å². The summed E-state index contributed by atoms with van der Waals surface area (Å²) in [7, 11) is 0. The minimum atomic E-state index is -0.240. The van der Waals surface area contributed by atoms with E-state index >= 15 is 0 Å². The molecule has 1 aliphatic rings. The lowest BCUT2D eigenvalue weighted by molar-refractivity contribution is 0.334. The topological polar surface area (TPSA) is 29.9 Å². The summed E-state index contributed by atoms with van der Waals surface area (Å²) < 4.78 is 16.8. The molecule has 1 saturated heterocycles. The summed E-state index contributed by atoms with van der Waals surface area (Å²) in [5.74, 6) is -0.240. The Bertz CT molecular complexity index is 611. The van der Waals surface area contributed by atoms with Crippen LogP contribution in [0.25, 0.3) is 5.69 Å². The fourth-order valence-electron chi connectivity index (χ4n) is 2.81. The molecule has 2 aromatic rings. The van der Waals surface area contributed by atoms with Gasteiger partial charge in [0.1, 0.15) is 5.82 Å². The minimum Gasteiger partial charge on any atom is -0.306 e. The monoisotopic (exact) mass is 337 g/mol. The third-order valence-corrected chi connectivity index (χ3v) is 4.30. The number of piperidine rings is 1. The first-order valence-corrected chi connectivity index (χ1v) is 7.68. The molecule has 0 spiro atoms. The molecule has 2 unspecified atom stereocenters. The van der Waals surface area contributed by atoms with Crippen molar-refractivity contribution >= 4 is 15.9 Å². The van der Waals surface area contributed by atoms with Crippen LogP contribution >= 0.6 is 15.9 Å². The molecule has 3 nitrogen and oxygen atoms in total. The van der Waals surface area contributed by atoms with Crippen LogP contribution in [-0.2, 0) is 0 Å². The smallest absolute Gasteiger partial charge is 0.147 e. The standard InChI is InChI=1S/C15H17BrFN3/c1-10-3-2-4-13(19-10)15-8-18-9-20(15)14-7-11(16)5-6-12(14)17/h5-10,13,19H,2-4H2,1H3. The van der Waals surface area contributed by atoms with E-state index in [2.05, 4.69) is 33.2 Å². The molecule has 1 aromatic carbocycles. The van der Waals surface area contributed by atoms with Crippen molar-refractivity contribution in [3.8, 4) is 5.69 Å². The summed E-state index contributed by atoms with van der Waals surface area (Å²) in [5.41, 5.74) is 1.56. The maximum Gasteiger partial charge on any atom is 0.147 e. The van der Waals surface area contributed by atoms with Gasteiger partial charge in [-0.15, -0.1) is 0 Å². The summed E-state index contributed by atoms with van der Waals surface area (Å²) in [6.07, 6.45) is 6.95. The number of nitrogens with one attached hydrogen (secondary N) is 1. The van der Waals surface area contributed by atoms with Crippen LogP contribution in [0.1, 0.15) is 37.9 Å². The SMILES string of the molecule is CC1CCCC(c2cncn2-c2cc(Br)ccc2F)N1. The molecular formula is C15H17BrFN3. The van der Waals surface area contributed by atoms with Gasteiger partial charge in [0.25, 0.3) is 0 Å². The molecule has 1 aromatic heterocycles. The molecule has 106 valence electrons. The second-order valence-electron chi connectivity index (χ2n) is 5.34. The fourth-order valence-corrected chi connectivity index (χ4v) is 3.16. The Hall–Kier alpha value is -1.20. The molecule has 1 N–H and O–H groups in total. The van der Waals surface area contributed by atoms with E-state index in [-0.39, 0.29) is 11.9 Å². The van der Waals surface area contributed by atoms with Gasteiger partial charge < -0.3 is 5.32 Å². The Morgan fingerprint density at radius 3 is 3.05 bits per heavy atom.